The van der Waals surface area contributed by atoms with Crippen LogP contribution < -0.4 is 10.6 Å². The largest absolute Gasteiger partial charge is 0.323 e. The lowest BCUT2D eigenvalue weighted by Crippen LogP contribution is -2.47. The summed E-state index contributed by atoms with van der Waals surface area (Å²) in [7, 11) is 0. The summed E-state index contributed by atoms with van der Waals surface area (Å²) >= 11 is 0. The van der Waals surface area contributed by atoms with E-state index >= 15 is 0 Å². The molecule has 1 aromatic rings. The van der Waals surface area contributed by atoms with Gasteiger partial charge in [-0.2, -0.15) is 0 Å². The normalized spacial score (nSPS) is 21.6. The third-order valence-corrected chi connectivity index (χ3v) is 3.90. The molecule has 1 aliphatic rings. The van der Waals surface area contributed by atoms with Crippen LogP contribution in [-0.2, 0) is 11.2 Å². The van der Waals surface area contributed by atoms with E-state index in [1.165, 1.54) is 5.56 Å². The predicted octanol–water partition coefficient (Wildman–Crippen LogP) is 2.78. The standard InChI is InChI=1S/C16H22N2O2/c1-2-3-7-11-16(14(19)17-15(20)18-16)12-10-13-8-5-4-6-9-13/h4-6,8-9H,2-3,7,10-12H2,1H3,(H2,17,18,19,20). The van der Waals surface area contributed by atoms with Gasteiger partial charge in [0.2, 0.25) is 0 Å². The summed E-state index contributed by atoms with van der Waals surface area (Å²) < 4.78 is 0. The molecule has 1 atom stereocenters. The first-order valence-electron chi connectivity index (χ1n) is 7.34. The van der Waals surface area contributed by atoms with Crippen LogP contribution in [0.5, 0.6) is 0 Å². The summed E-state index contributed by atoms with van der Waals surface area (Å²) in [6.45, 7) is 2.13. The monoisotopic (exact) mass is 274 g/mol. The topological polar surface area (TPSA) is 58.2 Å². The summed E-state index contributed by atoms with van der Waals surface area (Å²) in [5.41, 5.74) is 0.471. The zero-order valence-electron chi connectivity index (χ0n) is 11.9. The van der Waals surface area contributed by atoms with Gasteiger partial charge >= 0.3 is 6.03 Å². The first kappa shape index (κ1) is 14.6. The van der Waals surface area contributed by atoms with Gasteiger partial charge in [0, 0.05) is 0 Å². The SMILES string of the molecule is CCCCCC1(CCc2ccccc2)NC(=O)NC1=O. The van der Waals surface area contributed by atoms with Crippen LogP contribution in [0.25, 0.3) is 0 Å². The lowest BCUT2D eigenvalue weighted by atomic mass is 9.86. The summed E-state index contributed by atoms with van der Waals surface area (Å²) in [6, 6.07) is 9.70. The van der Waals surface area contributed by atoms with Crippen LogP contribution in [0.15, 0.2) is 30.3 Å². The molecule has 20 heavy (non-hydrogen) atoms. The average molecular weight is 274 g/mol. The van der Waals surface area contributed by atoms with E-state index in [-0.39, 0.29) is 11.9 Å². The molecule has 2 N–H and O–H groups in total. The molecule has 1 aromatic carbocycles. The van der Waals surface area contributed by atoms with Gasteiger partial charge in [0.1, 0.15) is 5.54 Å². The van der Waals surface area contributed by atoms with Crippen molar-refractivity contribution in [2.45, 2.75) is 51.0 Å². The zero-order chi connectivity index (χ0) is 14.4. The molecule has 4 heteroatoms. The Kier molecular flexibility index (Phi) is 4.77. The van der Waals surface area contributed by atoms with E-state index in [0.717, 1.165) is 25.7 Å². The number of rotatable bonds is 7. The Balaban J connectivity index is 2.03. The lowest BCUT2D eigenvalue weighted by Gasteiger charge is -2.26. The molecule has 2 rings (SSSR count). The van der Waals surface area contributed by atoms with Crippen LogP contribution in [-0.4, -0.2) is 17.5 Å². The lowest BCUT2D eigenvalue weighted by molar-refractivity contribution is -0.124. The summed E-state index contributed by atoms with van der Waals surface area (Å²) in [5, 5.41) is 5.23. The highest BCUT2D eigenvalue weighted by molar-refractivity contribution is 6.07. The van der Waals surface area contributed by atoms with Crippen molar-refractivity contribution in [1.29, 1.82) is 0 Å². The second kappa shape index (κ2) is 6.55. The molecular weight excluding hydrogens is 252 g/mol. The Labute approximate surface area is 119 Å². The first-order valence-corrected chi connectivity index (χ1v) is 7.34. The number of amides is 3. The third-order valence-electron chi connectivity index (χ3n) is 3.90. The fourth-order valence-electron chi connectivity index (χ4n) is 2.68. The molecule has 0 saturated carbocycles. The van der Waals surface area contributed by atoms with Crippen LogP contribution in [0.4, 0.5) is 4.79 Å². The van der Waals surface area contributed by atoms with Crippen molar-refractivity contribution in [1.82, 2.24) is 10.6 Å². The maximum absolute atomic E-state index is 12.1. The molecule has 0 radical (unpaired) electrons. The van der Waals surface area contributed by atoms with Gasteiger partial charge in [-0.3, -0.25) is 10.1 Å². The second-order valence-corrected chi connectivity index (χ2v) is 5.43. The van der Waals surface area contributed by atoms with E-state index in [9.17, 15) is 9.59 Å². The highest BCUT2D eigenvalue weighted by atomic mass is 16.2. The molecular formula is C16H22N2O2. The molecule has 1 fully saturated rings. The minimum absolute atomic E-state index is 0.172. The molecule has 1 heterocycles. The molecule has 0 aromatic heterocycles. The summed E-state index contributed by atoms with van der Waals surface area (Å²) in [6.07, 6.45) is 5.30. The molecule has 0 spiro atoms. The summed E-state index contributed by atoms with van der Waals surface area (Å²) in [5.74, 6) is -0.172. The van der Waals surface area contributed by atoms with Crippen molar-refractivity contribution in [2.75, 3.05) is 0 Å². The smallest absolute Gasteiger partial charge is 0.322 e. The number of carbonyl (C=O) groups excluding carboxylic acids is 2. The van der Waals surface area contributed by atoms with Gasteiger partial charge in [0.15, 0.2) is 0 Å². The average Bonchev–Trinajstić information content (AvgIpc) is 2.73. The van der Waals surface area contributed by atoms with Crippen LogP contribution in [0.1, 0.15) is 44.6 Å². The van der Waals surface area contributed by atoms with Gasteiger partial charge in [0.25, 0.3) is 5.91 Å². The second-order valence-electron chi connectivity index (χ2n) is 5.43. The Morgan fingerprint density at radius 3 is 2.40 bits per heavy atom. The number of unbranched alkanes of at least 4 members (excludes halogenated alkanes) is 2. The maximum atomic E-state index is 12.1. The number of aryl methyl sites for hydroxylation is 1. The highest BCUT2D eigenvalue weighted by Gasteiger charge is 2.44. The quantitative estimate of drug-likeness (QED) is 0.593. The van der Waals surface area contributed by atoms with Crippen molar-refractivity contribution < 1.29 is 9.59 Å². The number of hydrogen-bond acceptors (Lipinski definition) is 2. The van der Waals surface area contributed by atoms with Gasteiger partial charge in [-0.15, -0.1) is 0 Å². The molecule has 0 bridgehead atoms. The van der Waals surface area contributed by atoms with Gasteiger partial charge in [0.05, 0.1) is 0 Å². The van der Waals surface area contributed by atoms with Gasteiger partial charge in [-0.25, -0.2) is 4.79 Å². The van der Waals surface area contributed by atoms with Gasteiger partial charge in [-0.05, 0) is 24.8 Å². The van der Waals surface area contributed by atoms with Crippen LogP contribution in [0.2, 0.25) is 0 Å². The van der Waals surface area contributed by atoms with E-state index in [0.29, 0.717) is 12.8 Å². The number of benzene rings is 1. The number of urea groups is 1. The molecule has 3 amide bonds. The predicted molar refractivity (Wildman–Crippen MR) is 78.3 cm³/mol. The Morgan fingerprint density at radius 1 is 1.05 bits per heavy atom. The number of imide groups is 1. The van der Waals surface area contributed by atoms with E-state index in [4.69, 9.17) is 0 Å². The van der Waals surface area contributed by atoms with E-state index < -0.39 is 5.54 Å². The Bertz CT molecular complexity index is 473. The fourth-order valence-corrected chi connectivity index (χ4v) is 2.68. The molecule has 1 aliphatic heterocycles. The van der Waals surface area contributed by atoms with E-state index in [2.05, 4.69) is 29.7 Å². The van der Waals surface area contributed by atoms with E-state index in [1.54, 1.807) is 0 Å². The third kappa shape index (κ3) is 3.38. The van der Waals surface area contributed by atoms with Crippen molar-refractivity contribution in [3.05, 3.63) is 35.9 Å². The van der Waals surface area contributed by atoms with Crippen LogP contribution >= 0.6 is 0 Å². The first-order chi connectivity index (χ1) is 9.66. The minimum Gasteiger partial charge on any atom is -0.323 e. The molecule has 1 unspecified atom stereocenters. The molecule has 1 saturated heterocycles. The van der Waals surface area contributed by atoms with Gasteiger partial charge < -0.3 is 5.32 Å². The number of hydrogen-bond donors (Lipinski definition) is 2. The van der Waals surface area contributed by atoms with Gasteiger partial charge in [-0.1, -0.05) is 56.5 Å². The molecule has 4 nitrogen and oxygen atoms in total. The molecule has 0 aliphatic carbocycles. The minimum atomic E-state index is -0.720. The van der Waals surface area contributed by atoms with Crippen molar-refractivity contribution in [2.24, 2.45) is 0 Å². The summed E-state index contributed by atoms with van der Waals surface area (Å²) in [4.78, 5) is 23.6. The van der Waals surface area contributed by atoms with Crippen molar-refractivity contribution in [3.63, 3.8) is 0 Å². The zero-order valence-corrected chi connectivity index (χ0v) is 11.9. The number of carbonyl (C=O) groups is 2. The van der Waals surface area contributed by atoms with E-state index in [1.807, 2.05) is 18.2 Å². The molecule has 108 valence electrons. The number of nitrogens with one attached hydrogen (secondary N) is 2. The van der Waals surface area contributed by atoms with Crippen LogP contribution in [0.3, 0.4) is 0 Å². The highest BCUT2D eigenvalue weighted by Crippen LogP contribution is 2.25. The maximum Gasteiger partial charge on any atom is 0.322 e. The van der Waals surface area contributed by atoms with Crippen molar-refractivity contribution >= 4 is 11.9 Å². The Hall–Kier alpha value is -1.84. The van der Waals surface area contributed by atoms with Crippen LogP contribution in [0, 0.1) is 0 Å². The van der Waals surface area contributed by atoms with Crippen molar-refractivity contribution in [3.8, 4) is 0 Å². The fraction of sp³-hybridized carbons (Fsp3) is 0.500. The Morgan fingerprint density at radius 2 is 1.80 bits per heavy atom.